The fraction of sp³-hybridized carbons (Fsp3) is 0.294. The topological polar surface area (TPSA) is 12.0 Å². The lowest BCUT2D eigenvalue weighted by molar-refractivity contribution is 0.509. The molecule has 0 amide bonds. The minimum atomic E-state index is -0.168. The van der Waals surface area contributed by atoms with E-state index in [2.05, 4.69) is 40.3 Å². The maximum atomic E-state index is 14.2. The van der Waals surface area contributed by atoms with E-state index in [0.29, 0.717) is 0 Å². The number of nitrogens with one attached hydrogen (secondary N) is 1. The van der Waals surface area contributed by atoms with Crippen molar-refractivity contribution < 1.29 is 4.39 Å². The van der Waals surface area contributed by atoms with Crippen molar-refractivity contribution in [1.82, 2.24) is 5.32 Å². The van der Waals surface area contributed by atoms with Crippen molar-refractivity contribution in [2.75, 3.05) is 6.54 Å². The summed E-state index contributed by atoms with van der Waals surface area (Å²) in [4.78, 5) is 0. The molecule has 1 nitrogen and oxygen atoms in total. The van der Waals surface area contributed by atoms with Crippen molar-refractivity contribution in [2.45, 2.75) is 26.3 Å². The molecule has 1 unspecified atom stereocenters. The summed E-state index contributed by atoms with van der Waals surface area (Å²) in [5.74, 6) is -0.168. The van der Waals surface area contributed by atoms with Crippen LogP contribution < -0.4 is 5.32 Å². The molecule has 0 bridgehead atoms. The Morgan fingerprint density at radius 1 is 1.20 bits per heavy atom. The smallest absolute Gasteiger partial charge is 0.129 e. The molecule has 3 heteroatoms. The van der Waals surface area contributed by atoms with Gasteiger partial charge in [-0.1, -0.05) is 53.2 Å². The number of hydrogen-bond acceptors (Lipinski definition) is 1. The lowest BCUT2D eigenvalue weighted by atomic mass is 9.96. The molecular formula is C17H19BrFN. The first kappa shape index (κ1) is 15.2. The summed E-state index contributed by atoms with van der Waals surface area (Å²) in [6.07, 6.45) is 0.791. The van der Waals surface area contributed by atoms with Gasteiger partial charge in [0.25, 0.3) is 0 Å². The van der Waals surface area contributed by atoms with Gasteiger partial charge in [0.05, 0.1) is 0 Å². The van der Waals surface area contributed by atoms with E-state index in [0.717, 1.165) is 23.0 Å². The predicted molar refractivity (Wildman–Crippen MR) is 85.4 cm³/mol. The molecule has 1 atom stereocenters. The number of aryl methyl sites for hydroxylation is 1. The van der Waals surface area contributed by atoms with E-state index in [-0.39, 0.29) is 11.9 Å². The van der Waals surface area contributed by atoms with Gasteiger partial charge in [-0.3, -0.25) is 0 Å². The van der Waals surface area contributed by atoms with Crippen LogP contribution in [0.25, 0.3) is 0 Å². The third-order valence-electron chi connectivity index (χ3n) is 3.47. The van der Waals surface area contributed by atoms with Crippen LogP contribution in [0.4, 0.5) is 4.39 Å². The summed E-state index contributed by atoms with van der Waals surface area (Å²) in [5.41, 5.74) is 3.21. The van der Waals surface area contributed by atoms with E-state index in [1.54, 1.807) is 0 Å². The first-order valence-electron chi connectivity index (χ1n) is 6.84. The summed E-state index contributed by atoms with van der Waals surface area (Å²) in [6.45, 7) is 4.95. The van der Waals surface area contributed by atoms with Crippen LogP contribution in [0, 0.1) is 12.7 Å². The molecule has 0 radical (unpaired) electrons. The van der Waals surface area contributed by atoms with Gasteiger partial charge in [0.1, 0.15) is 5.82 Å². The first-order chi connectivity index (χ1) is 9.61. The van der Waals surface area contributed by atoms with Crippen LogP contribution >= 0.6 is 15.9 Å². The average Bonchev–Trinajstić information content (AvgIpc) is 2.41. The second kappa shape index (κ2) is 7.00. The predicted octanol–water partition coefficient (Wildman–Crippen LogP) is 4.79. The van der Waals surface area contributed by atoms with E-state index >= 15 is 0 Å². The van der Waals surface area contributed by atoms with Crippen LogP contribution in [-0.2, 0) is 6.42 Å². The van der Waals surface area contributed by atoms with Gasteiger partial charge in [-0.25, -0.2) is 4.39 Å². The fourth-order valence-electron chi connectivity index (χ4n) is 2.38. The Kier molecular flexibility index (Phi) is 5.32. The zero-order valence-electron chi connectivity index (χ0n) is 11.8. The van der Waals surface area contributed by atoms with Gasteiger partial charge in [0.15, 0.2) is 0 Å². The lowest BCUT2D eigenvalue weighted by Gasteiger charge is -2.20. The Hall–Kier alpha value is -1.19. The van der Waals surface area contributed by atoms with Crippen LogP contribution in [-0.4, -0.2) is 6.54 Å². The van der Waals surface area contributed by atoms with Crippen molar-refractivity contribution in [3.8, 4) is 0 Å². The highest BCUT2D eigenvalue weighted by atomic mass is 79.9. The highest BCUT2D eigenvalue weighted by molar-refractivity contribution is 9.10. The molecule has 0 aliphatic rings. The van der Waals surface area contributed by atoms with Gasteiger partial charge in [-0.15, -0.1) is 0 Å². The van der Waals surface area contributed by atoms with Crippen LogP contribution in [0.15, 0.2) is 46.9 Å². The Morgan fingerprint density at radius 3 is 2.60 bits per heavy atom. The zero-order valence-corrected chi connectivity index (χ0v) is 13.4. The second-order valence-corrected chi connectivity index (χ2v) is 5.82. The molecule has 2 rings (SSSR count). The largest absolute Gasteiger partial charge is 0.310 e. The van der Waals surface area contributed by atoms with Crippen LogP contribution in [0.5, 0.6) is 0 Å². The van der Waals surface area contributed by atoms with Gasteiger partial charge >= 0.3 is 0 Å². The highest BCUT2D eigenvalue weighted by Gasteiger charge is 2.16. The molecular weight excluding hydrogens is 317 g/mol. The summed E-state index contributed by atoms with van der Waals surface area (Å²) in [6, 6.07) is 13.5. The minimum Gasteiger partial charge on any atom is -0.310 e. The molecule has 0 aromatic heterocycles. The Bertz CT molecular complexity index is 583. The van der Waals surface area contributed by atoms with Crippen LogP contribution in [0.2, 0.25) is 0 Å². The number of rotatable bonds is 5. The van der Waals surface area contributed by atoms with Crippen molar-refractivity contribution >= 4 is 15.9 Å². The number of likely N-dealkylation sites (N-methyl/N-ethyl adjacent to an activating group) is 1. The fourth-order valence-corrected chi connectivity index (χ4v) is 2.71. The summed E-state index contributed by atoms with van der Waals surface area (Å²) in [5, 5.41) is 3.38. The van der Waals surface area contributed by atoms with Gasteiger partial charge in [0.2, 0.25) is 0 Å². The zero-order chi connectivity index (χ0) is 14.5. The molecule has 0 saturated carbocycles. The number of halogens is 2. The van der Waals surface area contributed by atoms with Crippen molar-refractivity contribution in [3.05, 3.63) is 69.4 Å². The van der Waals surface area contributed by atoms with Crippen molar-refractivity contribution in [1.29, 1.82) is 0 Å². The molecule has 0 aliphatic carbocycles. The summed E-state index contributed by atoms with van der Waals surface area (Å²) >= 11 is 3.30. The Morgan fingerprint density at radius 2 is 1.95 bits per heavy atom. The monoisotopic (exact) mass is 335 g/mol. The molecule has 0 fully saturated rings. The Balaban J connectivity index is 2.29. The summed E-state index contributed by atoms with van der Waals surface area (Å²) in [7, 11) is 0. The Labute approximate surface area is 128 Å². The van der Waals surface area contributed by atoms with E-state index in [4.69, 9.17) is 0 Å². The standard InChI is InChI=1S/C17H19BrFN/c1-3-20-17(10-13-7-5-4-6-12(13)2)15-9-8-14(18)11-16(15)19/h4-9,11,17,20H,3,10H2,1-2H3. The van der Waals surface area contributed by atoms with E-state index in [1.165, 1.54) is 17.2 Å². The SMILES string of the molecule is CCNC(Cc1ccccc1C)c1ccc(Br)cc1F. The van der Waals surface area contributed by atoms with Gasteiger partial charge in [0, 0.05) is 16.1 Å². The molecule has 2 aromatic carbocycles. The van der Waals surface area contributed by atoms with Crippen molar-refractivity contribution in [2.24, 2.45) is 0 Å². The molecule has 106 valence electrons. The molecule has 0 saturated heterocycles. The third-order valence-corrected chi connectivity index (χ3v) is 3.97. The highest BCUT2D eigenvalue weighted by Crippen LogP contribution is 2.25. The maximum absolute atomic E-state index is 14.2. The van der Waals surface area contributed by atoms with Crippen LogP contribution in [0.3, 0.4) is 0 Å². The number of hydrogen-bond donors (Lipinski definition) is 1. The van der Waals surface area contributed by atoms with E-state index < -0.39 is 0 Å². The quantitative estimate of drug-likeness (QED) is 0.828. The molecule has 20 heavy (non-hydrogen) atoms. The van der Waals surface area contributed by atoms with Crippen LogP contribution in [0.1, 0.15) is 29.7 Å². The molecule has 2 aromatic rings. The van der Waals surface area contributed by atoms with Gasteiger partial charge in [-0.05, 0) is 43.1 Å². The van der Waals surface area contributed by atoms with E-state index in [1.807, 2.05) is 31.2 Å². The normalized spacial score (nSPS) is 12.4. The average molecular weight is 336 g/mol. The summed E-state index contributed by atoms with van der Waals surface area (Å²) < 4.78 is 14.9. The lowest BCUT2D eigenvalue weighted by Crippen LogP contribution is -2.24. The molecule has 0 heterocycles. The van der Waals surface area contributed by atoms with Gasteiger partial charge in [-0.2, -0.15) is 0 Å². The molecule has 0 spiro atoms. The van der Waals surface area contributed by atoms with E-state index in [9.17, 15) is 4.39 Å². The third kappa shape index (κ3) is 3.68. The molecule has 1 N–H and O–H groups in total. The minimum absolute atomic E-state index is 0.00537. The molecule has 0 aliphatic heterocycles. The maximum Gasteiger partial charge on any atom is 0.129 e. The van der Waals surface area contributed by atoms with Crippen molar-refractivity contribution in [3.63, 3.8) is 0 Å². The van der Waals surface area contributed by atoms with Gasteiger partial charge < -0.3 is 5.32 Å². The number of benzene rings is 2. The second-order valence-electron chi connectivity index (χ2n) is 4.91. The first-order valence-corrected chi connectivity index (χ1v) is 7.64.